The van der Waals surface area contributed by atoms with Crippen LogP contribution in [0.5, 0.6) is 0 Å². The molecule has 1 fully saturated rings. The summed E-state index contributed by atoms with van der Waals surface area (Å²) in [5.74, 6) is 1.55. The number of aryl methyl sites for hydroxylation is 1. The molecular formula is C23H33N5O2S. The van der Waals surface area contributed by atoms with E-state index in [0.29, 0.717) is 18.3 Å². The highest BCUT2D eigenvalue weighted by Crippen LogP contribution is 2.21. The monoisotopic (exact) mass is 443 g/mol. The van der Waals surface area contributed by atoms with E-state index in [9.17, 15) is 4.79 Å². The summed E-state index contributed by atoms with van der Waals surface area (Å²) >= 11 is 1.62. The molecule has 1 N–H and O–H groups in total. The lowest BCUT2D eigenvalue weighted by atomic mass is 9.97. The molecule has 3 heterocycles. The van der Waals surface area contributed by atoms with Gasteiger partial charge in [-0.15, -0.1) is 11.3 Å². The number of nitrogens with zero attached hydrogens (tertiary/aromatic N) is 4. The second-order valence-corrected chi connectivity index (χ2v) is 9.37. The summed E-state index contributed by atoms with van der Waals surface area (Å²) in [4.78, 5) is 22.5. The maximum absolute atomic E-state index is 12.2. The third-order valence-electron chi connectivity index (χ3n) is 6.06. The summed E-state index contributed by atoms with van der Waals surface area (Å²) in [6.07, 6.45) is 10.2. The fourth-order valence-corrected chi connectivity index (χ4v) is 4.89. The first-order valence-electron chi connectivity index (χ1n) is 11.5. The Morgan fingerprint density at radius 2 is 2.03 bits per heavy atom. The van der Waals surface area contributed by atoms with E-state index in [2.05, 4.69) is 31.3 Å². The summed E-state index contributed by atoms with van der Waals surface area (Å²) in [7, 11) is 0. The molecule has 0 spiro atoms. The van der Waals surface area contributed by atoms with Crippen LogP contribution in [0.3, 0.4) is 0 Å². The lowest BCUT2D eigenvalue weighted by Crippen LogP contribution is -2.49. The van der Waals surface area contributed by atoms with E-state index in [1.165, 1.54) is 31.3 Å². The third kappa shape index (κ3) is 6.98. The van der Waals surface area contributed by atoms with Crippen molar-refractivity contribution in [2.75, 3.05) is 45.8 Å². The topological polar surface area (TPSA) is 74.5 Å². The summed E-state index contributed by atoms with van der Waals surface area (Å²) in [5.41, 5.74) is 1.52. The van der Waals surface area contributed by atoms with Gasteiger partial charge in [-0.3, -0.25) is 9.69 Å². The number of aromatic nitrogens is 2. The largest absolute Gasteiger partial charge is 0.355 e. The van der Waals surface area contributed by atoms with Gasteiger partial charge in [-0.1, -0.05) is 22.9 Å². The SMILES string of the molecule is O=C(CN1CCN(CCCc2nc(-c3cccs3)no2)CC1)NCCC1=CCCCC1. The van der Waals surface area contributed by atoms with Crippen molar-refractivity contribution in [2.45, 2.75) is 44.9 Å². The molecule has 0 unspecified atom stereocenters. The molecule has 2 aromatic heterocycles. The number of thiophene rings is 1. The molecule has 8 heteroatoms. The number of carbonyl (C=O) groups excluding carboxylic acids is 1. The first-order chi connectivity index (χ1) is 15.3. The van der Waals surface area contributed by atoms with Crippen molar-refractivity contribution in [1.29, 1.82) is 0 Å². The van der Waals surface area contributed by atoms with Crippen LogP contribution in [0.2, 0.25) is 0 Å². The zero-order chi connectivity index (χ0) is 21.3. The van der Waals surface area contributed by atoms with Gasteiger partial charge in [0.1, 0.15) is 0 Å². The van der Waals surface area contributed by atoms with Crippen molar-refractivity contribution < 1.29 is 9.32 Å². The van der Waals surface area contributed by atoms with Gasteiger partial charge in [-0.25, -0.2) is 0 Å². The Kier molecular flexibility index (Phi) is 8.26. The Labute approximate surface area is 188 Å². The van der Waals surface area contributed by atoms with Crippen molar-refractivity contribution >= 4 is 17.2 Å². The van der Waals surface area contributed by atoms with Gasteiger partial charge in [0.25, 0.3) is 0 Å². The van der Waals surface area contributed by atoms with Crippen molar-refractivity contribution in [3.8, 4) is 10.7 Å². The summed E-state index contributed by atoms with van der Waals surface area (Å²) in [5, 5.41) is 9.19. The van der Waals surface area contributed by atoms with Gasteiger partial charge in [0.15, 0.2) is 0 Å². The minimum atomic E-state index is 0.155. The van der Waals surface area contributed by atoms with E-state index in [0.717, 1.165) is 63.4 Å². The maximum Gasteiger partial charge on any atom is 0.234 e. The molecular weight excluding hydrogens is 410 g/mol. The van der Waals surface area contributed by atoms with Gasteiger partial charge >= 0.3 is 0 Å². The Hall–Kier alpha value is -2.03. The molecule has 2 aliphatic rings. The van der Waals surface area contributed by atoms with Crippen LogP contribution in [-0.2, 0) is 11.2 Å². The Bertz CT molecular complexity index is 840. The van der Waals surface area contributed by atoms with Gasteiger partial charge in [-0.2, -0.15) is 4.98 Å². The molecule has 1 amide bonds. The van der Waals surface area contributed by atoms with Crippen LogP contribution in [0.25, 0.3) is 10.7 Å². The number of hydrogen-bond acceptors (Lipinski definition) is 7. The zero-order valence-electron chi connectivity index (χ0n) is 18.2. The Morgan fingerprint density at radius 3 is 2.81 bits per heavy atom. The molecule has 1 saturated heterocycles. The Morgan fingerprint density at radius 1 is 1.16 bits per heavy atom. The highest BCUT2D eigenvalue weighted by atomic mass is 32.1. The molecule has 1 aliphatic heterocycles. The van der Waals surface area contributed by atoms with Crippen LogP contribution in [0.1, 0.15) is 44.4 Å². The lowest BCUT2D eigenvalue weighted by molar-refractivity contribution is -0.122. The molecule has 7 nitrogen and oxygen atoms in total. The quantitative estimate of drug-likeness (QED) is 0.568. The lowest BCUT2D eigenvalue weighted by Gasteiger charge is -2.34. The Balaban J connectivity index is 1.07. The van der Waals surface area contributed by atoms with Crippen LogP contribution in [0.4, 0.5) is 0 Å². The molecule has 4 rings (SSSR count). The van der Waals surface area contributed by atoms with Crippen molar-refractivity contribution in [3.05, 3.63) is 35.1 Å². The number of rotatable bonds is 10. The minimum Gasteiger partial charge on any atom is -0.355 e. The standard InChI is InChI=1S/C23H33N5O2S/c29-21(24-11-10-19-6-2-1-3-7-19)18-28-15-13-27(14-16-28)12-4-9-22-25-23(26-30-22)20-8-5-17-31-20/h5-6,8,17H,1-4,7,9-16,18H2,(H,24,29). The number of allylic oxidation sites excluding steroid dienone is 1. The zero-order valence-corrected chi connectivity index (χ0v) is 19.0. The smallest absolute Gasteiger partial charge is 0.234 e. The molecule has 1 aliphatic carbocycles. The average Bonchev–Trinajstić information content (AvgIpc) is 3.48. The highest BCUT2D eigenvalue weighted by molar-refractivity contribution is 7.13. The maximum atomic E-state index is 12.2. The van der Waals surface area contributed by atoms with E-state index in [4.69, 9.17) is 4.52 Å². The molecule has 2 aromatic rings. The van der Waals surface area contributed by atoms with Crippen LogP contribution in [0, 0.1) is 0 Å². The second kappa shape index (κ2) is 11.5. The van der Waals surface area contributed by atoms with Crippen LogP contribution in [0.15, 0.2) is 33.7 Å². The van der Waals surface area contributed by atoms with Gasteiger partial charge < -0.3 is 14.7 Å². The van der Waals surface area contributed by atoms with Gasteiger partial charge in [-0.05, 0) is 56.5 Å². The van der Waals surface area contributed by atoms with Crippen molar-refractivity contribution in [2.24, 2.45) is 0 Å². The van der Waals surface area contributed by atoms with Gasteiger partial charge in [0, 0.05) is 39.1 Å². The van der Waals surface area contributed by atoms with Crippen molar-refractivity contribution in [1.82, 2.24) is 25.3 Å². The van der Waals surface area contributed by atoms with E-state index in [1.54, 1.807) is 11.3 Å². The van der Waals surface area contributed by atoms with Crippen molar-refractivity contribution in [3.63, 3.8) is 0 Å². The van der Waals surface area contributed by atoms with E-state index in [-0.39, 0.29) is 5.91 Å². The molecule has 168 valence electrons. The molecule has 0 saturated carbocycles. The fourth-order valence-electron chi connectivity index (χ4n) is 4.24. The number of nitrogens with one attached hydrogen (secondary N) is 1. The first kappa shape index (κ1) is 22.2. The fraction of sp³-hybridized carbons (Fsp3) is 0.609. The van der Waals surface area contributed by atoms with Crippen LogP contribution < -0.4 is 5.32 Å². The molecule has 31 heavy (non-hydrogen) atoms. The van der Waals surface area contributed by atoms with Gasteiger partial charge in [0.2, 0.25) is 17.6 Å². The molecule has 0 radical (unpaired) electrons. The third-order valence-corrected chi connectivity index (χ3v) is 6.93. The average molecular weight is 444 g/mol. The van der Waals surface area contributed by atoms with E-state index < -0.39 is 0 Å². The highest BCUT2D eigenvalue weighted by Gasteiger charge is 2.19. The summed E-state index contributed by atoms with van der Waals surface area (Å²) in [6.45, 7) is 6.21. The van der Waals surface area contributed by atoms with Crippen LogP contribution in [-0.4, -0.2) is 71.7 Å². The summed E-state index contributed by atoms with van der Waals surface area (Å²) < 4.78 is 5.38. The van der Waals surface area contributed by atoms with Crippen LogP contribution >= 0.6 is 11.3 Å². The molecule has 0 atom stereocenters. The number of hydrogen-bond donors (Lipinski definition) is 1. The number of piperazine rings is 1. The molecule has 0 bridgehead atoms. The second-order valence-electron chi connectivity index (χ2n) is 8.42. The number of carbonyl (C=O) groups is 1. The van der Waals surface area contributed by atoms with E-state index >= 15 is 0 Å². The number of amides is 1. The predicted octanol–water partition coefficient (Wildman–Crippen LogP) is 3.36. The van der Waals surface area contributed by atoms with Gasteiger partial charge in [0.05, 0.1) is 11.4 Å². The minimum absolute atomic E-state index is 0.155. The summed E-state index contributed by atoms with van der Waals surface area (Å²) in [6, 6.07) is 4.00. The first-order valence-corrected chi connectivity index (χ1v) is 12.4. The molecule has 0 aromatic carbocycles. The predicted molar refractivity (Wildman–Crippen MR) is 123 cm³/mol. The van der Waals surface area contributed by atoms with E-state index in [1.807, 2.05) is 17.5 Å². The normalized spacial score (nSPS) is 18.1.